The van der Waals surface area contributed by atoms with Crippen molar-refractivity contribution >= 4 is 33.7 Å². The molecule has 0 aliphatic carbocycles. The van der Waals surface area contributed by atoms with E-state index in [1.165, 1.54) is 22.7 Å². The summed E-state index contributed by atoms with van der Waals surface area (Å²) in [6, 6.07) is 9.56. The molecule has 0 unspecified atom stereocenters. The van der Waals surface area contributed by atoms with E-state index in [1.807, 2.05) is 37.3 Å². The Hall–Kier alpha value is -2.45. The van der Waals surface area contributed by atoms with Crippen LogP contribution in [-0.2, 0) is 6.42 Å². The number of aromatic nitrogens is 2. The maximum Gasteiger partial charge on any atom is 0.267 e. The monoisotopic (exact) mass is 373 g/mol. The van der Waals surface area contributed by atoms with Crippen molar-refractivity contribution in [3.63, 3.8) is 0 Å². The fourth-order valence-electron chi connectivity index (χ4n) is 2.42. The molecular weight excluding hydrogens is 358 g/mol. The van der Waals surface area contributed by atoms with Crippen molar-refractivity contribution in [1.29, 1.82) is 0 Å². The van der Waals surface area contributed by atoms with Crippen LogP contribution in [0.15, 0.2) is 30.3 Å². The van der Waals surface area contributed by atoms with Crippen LogP contribution in [0.1, 0.15) is 21.6 Å². The van der Waals surface area contributed by atoms with Crippen molar-refractivity contribution in [2.24, 2.45) is 0 Å². The van der Waals surface area contributed by atoms with Crippen LogP contribution in [0.4, 0.5) is 5.13 Å². The smallest absolute Gasteiger partial charge is 0.267 e. The third-order valence-corrected chi connectivity index (χ3v) is 5.76. The van der Waals surface area contributed by atoms with E-state index in [1.54, 1.807) is 0 Å². The number of nitrogens with zero attached hydrogens (tertiary/aromatic N) is 2. The number of amides is 1. The first kappa shape index (κ1) is 16.0. The number of nitrogens with one attached hydrogen (secondary N) is 1. The zero-order chi connectivity index (χ0) is 17.2. The highest BCUT2D eigenvalue weighted by atomic mass is 32.1. The van der Waals surface area contributed by atoms with Gasteiger partial charge < -0.3 is 9.47 Å². The first-order valence-corrected chi connectivity index (χ1v) is 9.50. The number of ether oxygens (including phenoxy) is 2. The lowest BCUT2D eigenvalue weighted by atomic mass is 10.1. The lowest BCUT2D eigenvalue weighted by Crippen LogP contribution is -2.15. The van der Waals surface area contributed by atoms with E-state index in [2.05, 4.69) is 15.5 Å². The summed E-state index contributed by atoms with van der Waals surface area (Å²) in [7, 11) is 0. The number of carbonyl (C=O) groups excluding carboxylic acids is 1. The van der Waals surface area contributed by atoms with E-state index >= 15 is 0 Å². The minimum atomic E-state index is -0.174. The average Bonchev–Trinajstić information content (AvgIpc) is 3.30. The second-order valence-corrected chi connectivity index (χ2v) is 7.48. The summed E-state index contributed by atoms with van der Waals surface area (Å²) in [6.07, 6.45) is 0.806. The molecule has 1 amide bonds. The predicted molar refractivity (Wildman–Crippen MR) is 98.0 cm³/mol. The van der Waals surface area contributed by atoms with Gasteiger partial charge in [-0.3, -0.25) is 10.1 Å². The number of carbonyl (C=O) groups is 1. The third-order valence-electron chi connectivity index (χ3n) is 3.65. The van der Waals surface area contributed by atoms with Gasteiger partial charge in [-0.1, -0.05) is 18.3 Å². The van der Waals surface area contributed by atoms with Crippen molar-refractivity contribution in [2.75, 3.05) is 18.5 Å². The molecule has 3 aromatic rings. The van der Waals surface area contributed by atoms with Gasteiger partial charge in [0.15, 0.2) is 11.5 Å². The molecular formula is C17H15N3O3S2. The lowest BCUT2D eigenvalue weighted by molar-refractivity contribution is 0.103. The summed E-state index contributed by atoms with van der Waals surface area (Å²) in [5.41, 5.74) is 0.998. The first-order chi connectivity index (χ1) is 12.2. The van der Waals surface area contributed by atoms with Gasteiger partial charge in [0, 0.05) is 4.88 Å². The lowest BCUT2D eigenvalue weighted by Gasteiger charge is -2.18. The highest BCUT2D eigenvalue weighted by Gasteiger charge is 2.16. The van der Waals surface area contributed by atoms with Crippen LogP contribution < -0.4 is 14.8 Å². The van der Waals surface area contributed by atoms with E-state index in [0.29, 0.717) is 23.2 Å². The maximum absolute atomic E-state index is 12.4. The minimum Gasteiger partial charge on any atom is -0.486 e. The van der Waals surface area contributed by atoms with Crippen LogP contribution in [0.2, 0.25) is 0 Å². The number of hydrogen-bond donors (Lipinski definition) is 1. The van der Waals surface area contributed by atoms with Crippen LogP contribution >= 0.6 is 22.7 Å². The number of rotatable bonds is 4. The van der Waals surface area contributed by atoms with Crippen LogP contribution in [0.25, 0.3) is 10.4 Å². The molecule has 128 valence electrons. The number of benzene rings is 1. The van der Waals surface area contributed by atoms with E-state index in [9.17, 15) is 4.79 Å². The first-order valence-electron chi connectivity index (χ1n) is 7.86. The summed E-state index contributed by atoms with van der Waals surface area (Å²) in [4.78, 5) is 14.0. The summed E-state index contributed by atoms with van der Waals surface area (Å²) >= 11 is 2.82. The summed E-state index contributed by atoms with van der Waals surface area (Å²) < 4.78 is 11.2. The molecule has 8 heteroatoms. The number of aryl methyl sites for hydroxylation is 1. The van der Waals surface area contributed by atoms with E-state index < -0.39 is 0 Å². The fourth-order valence-corrected chi connectivity index (χ4v) is 3.99. The van der Waals surface area contributed by atoms with Crippen LogP contribution in [0.5, 0.6) is 11.5 Å². The normalized spacial score (nSPS) is 12.8. The second kappa shape index (κ2) is 6.81. The Morgan fingerprint density at radius 2 is 1.96 bits per heavy atom. The topological polar surface area (TPSA) is 73.3 Å². The maximum atomic E-state index is 12.4. The zero-order valence-electron chi connectivity index (χ0n) is 13.4. The van der Waals surface area contributed by atoms with Crippen LogP contribution in [0.3, 0.4) is 0 Å². The minimum absolute atomic E-state index is 0.174. The Labute approximate surface area is 152 Å². The van der Waals surface area contributed by atoms with Gasteiger partial charge >= 0.3 is 0 Å². The van der Waals surface area contributed by atoms with Crippen LogP contribution in [-0.4, -0.2) is 29.3 Å². The summed E-state index contributed by atoms with van der Waals surface area (Å²) in [5, 5.41) is 12.2. The molecule has 25 heavy (non-hydrogen) atoms. The van der Waals surface area contributed by atoms with Gasteiger partial charge in [0.1, 0.15) is 18.2 Å². The molecule has 0 fully saturated rings. The van der Waals surface area contributed by atoms with E-state index in [0.717, 1.165) is 33.4 Å². The number of hydrogen-bond acceptors (Lipinski definition) is 7. The molecule has 0 radical (unpaired) electrons. The van der Waals surface area contributed by atoms with Gasteiger partial charge in [-0.15, -0.1) is 21.5 Å². The van der Waals surface area contributed by atoms with Gasteiger partial charge in [-0.05, 0) is 42.3 Å². The SMILES string of the molecule is CCc1nnc(NC(=O)c2ccc(-c3ccc4c(c3)OCCO4)s2)s1. The number of anilines is 1. The average molecular weight is 373 g/mol. The van der Waals surface area contributed by atoms with Crippen molar-refractivity contribution in [1.82, 2.24) is 10.2 Å². The zero-order valence-corrected chi connectivity index (χ0v) is 15.1. The standard InChI is InChI=1S/C17H15N3O3S2/c1-2-15-19-20-17(25-15)18-16(21)14-6-5-13(24-14)10-3-4-11-12(9-10)23-8-7-22-11/h3-6,9H,2,7-8H2,1H3,(H,18,20,21). The van der Waals surface area contributed by atoms with Gasteiger partial charge in [-0.2, -0.15) is 0 Å². The summed E-state index contributed by atoms with van der Waals surface area (Å²) in [6.45, 7) is 3.13. The van der Waals surface area contributed by atoms with E-state index in [4.69, 9.17) is 9.47 Å². The molecule has 0 saturated carbocycles. The Morgan fingerprint density at radius 3 is 2.76 bits per heavy atom. The van der Waals surface area contributed by atoms with Gasteiger partial charge in [-0.25, -0.2) is 0 Å². The molecule has 2 aromatic heterocycles. The molecule has 1 aromatic carbocycles. The van der Waals surface area contributed by atoms with Crippen LogP contribution in [0, 0.1) is 0 Å². The number of fused-ring (bicyclic) bond motifs is 1. The second-order valence-electron chi connectivity index (χ2n) is 5.33. The molecule has 1 aliphatic rings. The third kappa shape index (κ3) is 3.35. The molecule has 0 bridgehead atoms. The van der Waals surface area contributed by atoms with Gasteiger partial charge in [0.05, 0.1) is 4.88 Å². The molecule has 0 spiro atoms. The molecule has 0 saturated heterocycles. The van der Waals surface area contributed by atoms with Crippen molar-refractivity contribution in [3.8, 4) is 21.9 Å². The molecule has 0 atom stereocenters. The highest BCUT2D eigenvalue weighted by molar-refractivity contribution is 7.18. The van der Waals surface area contributed by atoms with E-state index in [-0.39, 0.29) is 5.91 Å². The molecule has 1 aliphatic heterocycles. The molecule has 1 N–H and O–H groups in total. The Kier molecular flexibility index (Phi) is 4.37. The predicted octanol–water partition coefficient (Wildman–Crippen LogP) is 3.85. The number of thiophene rings is 1. The van der Waals surface area contributed by atoms with Crippen molar-refractivity contribution in [2.45, 2.75) is 13.3 Å². The quantitative estimate of drug-likeness (QED) is 0.752. The van der Waals surface area contributed by atoms with Crippen molar-refractivity contribution in [3.05, 3.63) is 40.2 Å². The van der Waals surface area contributed by atoms with Crippen molar-refractivity contribution < 1.29 is 14.3 Å². The Balaban J connectivity index is 1.52. The largest absolute Gasteiger partial charge is 0.486 e. The molecule has 6 nitrogen and oxygen atoms in total. The molecule has 3 heterocycles. The Morgan fingerprint density at radius 1 is 1.12 bits per heavy atom. The highest BCUT2D eigenvalue weighted by Crippen LogP contribution is 2.37. The summed E-state index contributed by atoms with van der Waals surface area (Å²) in [5.74, 6) is 1.32. The Bertz CT molecular complexity index is 920. The van der Waals surface area contributed by atoms with Gasteiger partial charge in [0.2, 0.25) is 5.13 Å². The fraction of sp³-hybridized carbons (Fsp3) is 0.235. The van der Waals surface area contributed by atoms with Gasteiger partial charge in [0.25, 0.3) is 5.91 Å². The molecule has 4 rings (SSSR count).